The average molecular weight is 285 g/mol. The van der Waals surface area contributed by atoms with Crippen LogP contribution in [0.25, 0.3) is 0 Å². The number of esters is 1. The molecule has 6 heteroatoms. The molecule has 0 saturated heterocycles. The Kier molecular flexibility index (Phi) is 5.14. The molecule has 3 nitrogen and oxygen atoms in total. The van der Waals surface area contributed by atoms with E-state index in [1.165, 1.54) is 0 Å². The van der Waals surface area contributed by atoms with Crippen LogP contribution >= 0.6 is 0 Å². The number of alkyl halides is 3. The SMILES string of the molecule is CCOC(=O)Cc1c(C#N)ccc(C(F)(F)F)c1CC. The van der Waals surface area contributed by atoms with E-state index in [0.29, 0.717) is 0 Å². The van der Waals surface area contributed by atoms with Crippen molar-refractivity contribution in [3.05, 3.63) is 34.4 Å². The molecule has 0 aliphatic rings. The zero-order chi connectivity index (χ0) is 15.3. The third-order valence-corrected chi connectivity index (χ3v) is 2.84. The maximum Gasteiger partial charge on any atom is 0.416 e. The van der Waals surface area contributed by atoms with Crippen LogP contribution in [0.2, 0.25) is 0 Å². The minimum Gasteiger partial charge on any atom is -0.466 e. The van der Waals surface area contributed by atoms with Crippen LogP contribution in [-0.4, -0.2) is 12.6 Å². The molecule has 0 radical (unpaired) electrons. The van der Waals surface area contributed by atoms with Gasteiger partial charge in [-0.2, -0.15) is 18.4 Å². The summed E-state index contributed by atoms with van der Waals surface area (Å²) in [6.45, 7) is 3.30. The van der Waals surface area contributed by atoms with Crippen molar-refractivity contribution in [2.75, 3.05) is 6.61 Å². The Morgan fingerprint density at radius 2 is 1.95 bits per heavy atom. The molecule has 0 fully saturated rings. The van der Waals surface area contributed by atoms with Crippen LogP contribution in [0.1, 0.15) is 36.1 Å². The molecule has 0 aromatic heterocycles. The first kappa shape index (κ1) is 16.0. The number of carbonyl (C=O) groups is 1. The van der Waals surface area contributed by atoms with Crippen LogP contribution in [0.5, 0.6) is 0 Å². The largest absolute Gasteiger partial charge is 0.466 e. The lowest BCUT2D eigenvalue weighted by molar-refractivity contribution is -0.143. The lowest BCUT2D eigenvalue weighted by atomic mass is 9.92. The van der Waals surface area contributed by atoms with Gasteiger partial charge in [0, 0.05) is 0 Å². The summed E-state index contributed by atoms with van der Waals surface area (Å²) >= 11 is 0. The quantitative estimate of drug-likeness (QED) is 0.798. The van der Waals surface area contributed by atoms with Crippen molar-refractivity contribution in [3.8, 4) is 6.07 Å². The molecule has 0 atom stereocenters. The van der Waals surface area contributed by atoms with Crippen LogP contribution in [0, 0.1) is 11.3 Å². The van der Waals surface area contributed by atoms with Crippen molar-refractivity contribution in [2.24, 2.45) is 0 Å². The van der Waals surface area contributed by atoms with Gasteiger partial charge in [0.2, 0.25) is 0 Å². The summed E-state index contributed by atoms with van der Waals surface area (Å²) in [6.07, 6.45) is -4.76. The number of benzene rings is 1. The molecule has 0 saturated carbocycles. The zero-order valence-corrected chi connectivity index (χ0v) is 11.2. The van der Waals surface area contributed by atoms with Crippen molar-refractivity contribution in [3.63, 3.8) is 0 Å². The fourth-order valence-corrected chi connectivity index (χ4v) is 2.03. The van der Waals surface area contributed by atoms with Gasteiger partial charge >= 0.3 is 12.1 Å². The monoisotopic (exact) mass is 285 g/mol. The number of hydrogen-bond acceptors (Lipinski definition) is 3. The number of rotatable bonds is 4. The zero-order valence-electron chi connectivity index (χ0n) is 11.2. The smallest absolute Gasteiger partial charge is 0.416 e. The van der Waals surface area contributed by atoms with E-state index >= 15 is 0 Å². The second-order valence-electron chi connectivity index (χ2n) is 4.06. The second-order valence-corrected chi connectivity index (χ2v) is 4.06. The summed E-state index contributed by atoms with van der Waals surface area (Å²) < 4.78 is 43.6. The second kappa shape index (κ2) is 6.42. The summed E-state index contributed by atoms with van der Waals surface area (Å²) in [5.41, 5.74) is -0.658. The molecule has 108 valence electrons. The van der Waals surface area contributed by atoms with Crippen LogP contribution < -0.4 is 0 Å². The standard InChI is InChI=1S/C14H14F3NO2/c1-3-10-11(7-13(19)20-4-2)9(8-18)5-6-12(10)14(15,16)17/h5-6H,3-4,7H2,1-2H3. The molecule has 20 heavy (non-hydrogen) atoms. The Bertz CT molecular complexity index is 545. The maximum absolute atomic E-state index is 12.9. The highest BCUT2D eigenvalue weighted by molar-refractivity contribution is 5.74. The molecule has 0 aliphatic carbocycles. The van der Waals surface area contributed by atoms with Gasteiger partial charge in [0.15, 0.2) is 0 Å². The van der Waals surface area contributed by atoms with Crippen molar-refractivity contribution in [2.45, 2.75) is 32.9 Å². The van der Waals surface area contributed by atoms with Crippen LogP contribution in [0.4, 0.5) is 13.2 Å². The third-order valence-electron chi connectivity index (χ3n) is 2.84. The first-order valence-electron chi connectivity index (χ1n) is 6.12. The Balaban J connectivity index is 3.38. The van der Waals surface area contributed by atoms with Gasteiger partial charge in [-0.05, 0) is 36.6 Å². The lowest BCUT2D eigenvalue weighted by Gasteiger charge is -2.16. The molecule has 0 N–H and O–H groups in total. The number of nitrogens with zero attached hydrogens (tertiary/aromatic N) is 1. The molecule has 0 unspecified atom stereocenters. The van der Waals surface area contributed by atoms with Gasteiger partial charge in [-0.3, -0.25) is 4.79 Å². The molecule has 1 rings (SSSR count). The van der Waals surface area contributed by atoms with E-state index in [0.717, 1.165) is 12.1 Å². The number of carbonyl (C=O) groups excluding carboxylic acids is 1. The Labute approximate surface area is 115 Å². The van der Waals surface area contributed by atoms with Crippen molar-refractivity contribution >= 4 is 5.97 Å². The van der Waals surface area contributed by atoms with Crippen molar-refractivity contribution < 1.29 is 22.7 Å². The van der Waals surface area contributed by atoms with Gasteiger partial charge in [0.1, 0.15) is 0 Å². The Morgan fingerprint density at radius 3 is 2.40 bits per heavy atom. The highest BCUT2D eigenvalue weighted by Gasteiger charge is 2.34. The molecule has 0 heterocycles. The predicted molar refractivity (Wildman–Crippen MR) is 65.9 cm³/mol. The fraction of sp³-hybridized carbons (Fsp3) is 0.429. The summed E-state index contributed by atoms with van der Waals surface area (Å²) in [5, 5.41) is 8.99. The molecular formula is C14H14F3NO2. The number of ether oxygens (including phenoxy) is 1. The predicted octanol–water partition coefficient (Wildman–Crippen LogP) is 3.25. The van der Waals surface area contributed by atoms with Crippen LogP contribution in [-0.2, 0) is 28.5 Å². The minimum absolute atomic E-state index is 0.0235. The first-order chi connectivity index (χ1) is 9.35. The number of halogens is 3. The van der Waals surface area contributed by atoms with Crippen LogP contribution in [0.15, 0.2) is 12.1 Å². The number of nitriles is 1. The Hall–Kier alpha value is -2.03. The maximum atomic E-state index is 12.9. The molecule has 0 spiro atoms. The molecule has 0 aliphatic heterocycles. The third kappa shape index (κ3) is 3.50. The van der Waals surface area contributed by atoms with Crippen molar-refractivity contribution in [1.29, 1.82) is 5.26 Å². The van der Waals surface area contributed by atoms with E-state index in [4.69, 9.17) is 10.00 Å². The van der Waals surface area contributed by atoms with Crippen LogP contribution in [0.3, 0.4) is 0 Å². The molecule has 1 aromatic carbocycles. The summed E-state index contributed by atoms with van der Waals surface area (Å²) in [7, 11) is 0. The van der Waals surface area contributed by atoms with Gasteiger partial charge in [0.05, 0.1) is 30.2 Å². The van der Waals surface area contributed by atoms with Crippen molar-refractivity contribution in [1.82, 2.24) is 0 Å². The molecule has 0 bridgehead atoms. The van der Waals surface area contributed by atoms with E-state index in [1.54, 1.807) is 13.8 Å². The molecular weight excluding hydrogens is 271 g/mol. The van der Waals surface area contributed by atoms with E-state index in [-0.39, 0.29) is 36.1 Å². The van der Waals surface area contributed by atoms with Gasteiger partial charge in [-0.25, -0.2) is 0 Å². The minimum atomic E-state index is -4.51. The topological polar surface area (TPSA) is 50.1 Å². The molecule has 1 aromatic rings. The normalized spacial score (nSPS) is 11.0. The van der Waals surface area contributed by atoms with Gasteiger partial charge in [-0.1, -0.05) is 6.92 Å². The fourth-order valence-electron chi connectivity index (χ4n) is 2.03. The van der Waals surface area contributed by atoms with Gasteiger partial charge in [0.25, 0.3) is 0 Å². The van der Waals surface area contributed by atoms with E-state index in [2.05, 4.69) is 0 Å². The highest BCUT2D eigenvalue weighted by Crippen LogP contribution is 2.35. The number of hydrogen-bond donors (Lipinski definition) is 0. The van der Waals surface area contributed by atoms with E-state index < -0.39 is 17.7 Å². The Morgan fingerprint density at radius 1 is 1.30 bits per heavy atom. The van der Waals surface area contributed by atoms with Gasteiger partial charge in [-0.15, -0.1) is 0 Å². The molecule has 0 amide bonds. The lowest BCUT2D eigenvalue weighted by Crippen LogP contribution is -2.16. The van der Waals surface area contributed by atoms with E-state index in [1.807, 2.05) is 6.07 Å². The summed E-state index contributed by atoms with van der Waals surface area (Å²) in [6, 6.07) is 3.80. The summed E-state index contributed by atoms with van der Waals surface area (Å²) in [4.78, 5) is 11.5. The first-order valence-corrected chi connectivity index (χ1v) is 6.12. The highest BCUT2D eigenvalue weighted by atomic mass is 19.4. The van der Waals surface area contributed by atoms with Gasteiger partial charge < -0.3 is 4.74 Å². The van der Waals surface area contributed by atoms with E-state index in [9.17, 15) is 18.0 Å². The average Bonchev–Trinajstić information content (AvgIpc) is 2.37. The summed E-state index contributed by atoms with van der Waals surface area (Å²) in [5.74, 6) is -0.641.